The van der Waals surface area contributed by atoms with Gasteiger partial charge in [-0.15, -0.1) is 11.3 Å². The molecular formula is C46H26N4S. The molecule has 0 saturated heterocycles. The van der Waals surface area contributed by atoms with Crippen LogP contribution in [-0.2, 0) is 5.41 Å². The van der Waals surface area contributed by atoms with Crippen molar-refractivity contribution >= 4 is 54.3 Å². The molecule has 3 heterocycles. The Morgan fingerprint density at radius 3 is 1.92 bits per heavy atom. The lowest BCUT2D eigenvalue weighted by Gasteiger charge is -2.31. The maximum atomic E-state index is 5.49. The summed E-state index contributed by atoms with van der Waals surface area (Å²) in [5.74, 6) is 0.654. The van der Waals surface area contributed by atoms with Crippen molar-refractivity contribution in [3.63, 3.8) is 0 Å². The van der Waals surface area contributed by atoms with Crippen LogP contribution in [-0.4, -0.2) is 19.5 Å². The maximum Gasteiger partial charge on any atom is 0.235 e. The smallest absolute Gasteiger partial charge is 0.235 e. The standard InChI is InChI=1S/C46H26N4S/c1-2-14-27(15-3-1)41-31-19-7-12-24-36(31)48-45(49-41)50-37-25-13-8-20-32(37)39-42-44(51-26-47-42)38-30-18-6-11-23-35(30)46(40(38)43(39)50)33-21-9-4-16-28(33)29-17-5-10-22-34(29)46/h1-26H. The normalized spacial score (nSPS) is 13.6. The molecule has 0 radical (unpaired) electrons. The van der Waals surface area contributed by atoms with Crippen molar-refractivity contribution in [3.8, 4) is 39.5 Å². The van der Waals surface area contributed by atoms with Crippen molar-refractivity contribution in [2.24, 2.45) is 0 Å². The first-order valence-corrected chi connectivity index (χ1v) is 18.2. The molecule has 5 heteroatoms. The van der Waals surface area contributed by atoms with Crippen LogP contribution in [0.5, 0.6) is 0 Å². The first-order chi connectivity index (χ1) is 25.3. The molecule has 2 aliphatic rings. The highest BCUT2D eigenvalue weighted by Gasteiger charge is 2.54. The van der Waals surface area contributed by atoms with Gasteiger partial charge in [0.25, 0.3) is 0 Å². The number of hydrogen-bond donors (Lipinski definition) is 0. The van der Waals surface area contributed by atoms with E-state index in [4.69, 9.17) is 15.0 Å². The Morgan fingerprint density at radius 1 is 0.549 bits per heavy atom. The van der Waals surface area contributed by atoms with E-state index in [1.807, 2.05) is 5.51 Å². The van der Waals surface area contributed by atoms with E-state index in [0.717, 1.165) is 49.5 Å². The first kappa shape index (κ1) is 27.4. The Bertz CT molecular complexity index is 3050. The molecule has 0 N–H and O–H groups in total. The summed E-state index contributed by atoms with van der Waals surface area (Å²) in [4.78, 5) is 16.0. The molecule has 0 saturated carbocycles. The molecule has 0 aliphatic heterocycles. The van der Waals surface area contributed by atoms with E-state index in [0.29, 0.717) is 5.95 Å². The predicted octanol–water partition coefficient (Wildman–Crippen LogP) is 11.3. The second-order valence-corrected chi connectivity index (χ2v) is 14.4. The summed E-state index contributed by atoms with van der Waals surface area (Å²) in [6.45, 7) is 0. The van der Waals surface area contributed by atoms with Crippen molar-refractivity contribution in [2.45, 2.75) is 5.41 Å². The highest BCUT2D eigenvalue weighted by atomic mass is 32.1. The van der Waals surface area contributed by atoms with Gasteiger partial charge in [0.2, 0.25) is 5.95 Å². The summed E-state index contributed by atoms with van der Waals surface area (Å²) in [6.07, 6.45) is 0. The SMILES string of the molecule is c1ccc(-c2nc(-n3c4ccccc4c4c5ncsc5c5c(c43)C3(c4ccccc4-c4ccccc43)c3ccccc3-5)nc3ccccc23)cc1. The molecule has 0 unspecified atom stereocenters. The lowest BCUT2D eigenvalue weighted by Crippen LogP contribution is -2.26. The number of hydrogen-bond acceptors (Lipinski definition) is 4. The zero-order valence-electron chi connectivity index (χ0n) is 27.2. The van der Waals surface area contributed by atoms with Crippen LogP contribution < -0.4 is 0 Å². The van der Waals surface area contributed by atoms with E-state index in [9.17, 15) is 0 Å². The summed E-state index contributed by atoms with van der Waals surface area (Å²) in [5, 5.41) is 3.32. The van der Waals surface area contributed by atoms with Gasteiger partial charge in [-0.2, -0.15) is 0 Å². The van der Waals surface area contributed by atoms with Gasteiger partial charge in [0, 0.05) is 32.8 Å². The monoisotopic (exact) mass is 666 g/mol. The second-order valence-electron chi connectivity index (χ2n) is 13.5. The third-order valence-electron chi connectivity index (χ3n) is 11.2. The van der Waals surface area contributed by atoms with Crippen LogP contribution in [0, 0.1) is 0 Å². The quantitative estimate of drug-likeness (QED) is 0.184. The number of thiazole rings is 1. The van der Waals surface area contributed by atoms with Crippen molar-refractivity contribution in [1.82, 2.24) is 19.5 Å². The van der Waals surface area contributed by atoms with E-state index in [1.165, 1.54) is 49.2 Å². The van der Waals surface area contributed by atoms with Gasteiger partial charge >= 0.3 is 0 Å². The van der Waals surface area contributed by atoms with Gasteiger partial charge in [-0.3, -0.25) is 4.57 Å². The Balaban J connectivity index is 1.35. The molecule has 10 aromatic rings. The average Bonchev–Trinajstić information content (AvgIpc) is 3.95. The molecule has 4 nitrogen and oxygen atoms in total. The molecule has 2 aliphatic carbocycles. The number of aromatic nitrogens is 4. The molecule has 0 amide bonds. The summed E-state index contributed by atoms with van der Waals surface area (Å²) in [7, 11) is 0. The van der Waals surface area contributed by atoms with E-state index in [2.05, 4.69) is 156 Å². The third kappa shape index (κ3) is 3.32. The highest BCUT2D eigenvalue weighted by molar-refractivity contribution is 7.17. The molecule has 51 heavy (non-hydrogen) atoms. The first-order valence-electron chi connectivity index (χ1n) is 17.3. The van der Waals surface area contributed by atoms with Gasteiger partial charge in [-0.1, -0.05) is 140 Å². The molecule has 12 rings (SSSR count). The van der Waals surface area contributed by atoms with Gasteiger partial charge in [-0.05, 0) is 45.5 Å². The van der Waals surface area contributed by atoms with E-state index < -0.39 is 5.41 Å². The lowest BCUT2D eigenvalue weighted by atomic mass is 9.70. The number of benzene rings is 7. The molecule has 7 aromatic carbocycles. The van der Waals surface area contributed by atoms with Gasteiger partial charge in [0.05, 0.1) is 43.4 Å². The molecule has 1 spiro atoms. The molecule has 3 aromatic heterocycles. The van der Waals surface area contributed by atoms with Crippen LogP contribution in [0.4, 0.5) is 0 Å². The molecule has 0 bridgehead atoms. The van der Waals surface area contributed by atoms with Crippen LogP contribution in [0.1, 0.15) is 22.3 Å². The summed E-state index contributed by atoms with van der Waals surface area (Å²) < 4.78 is 3.56. The largest absolute Gasteiger partial charge is 0.277 e. The Morgan fingerprint density at radius 2 is 1.16 bits per heavy atom. The predicted molar refractivity (Wildman–Crippen MR) is 209 cm³/mol. The Kier molecular flexibility index (Phi) is 5.29. The average molecular weight is 667 g/mol. The Labute approximate surface area is 297 Å². The molecular weight excluding hydrogens is 641 g/mol. The lowest BCUT2D eigenvalue weighted by molar-refractivity contribution is 0.796. The fraction of sp³-hybridized carbons (Fsp3) is 0.0217. The van der Waals surface area contributed by atoms with Crippen LogP contribution in [0.15, 0.2) is 157 Å². The number of para-hydroxylation sites is 2. The minimum Gasteiger partial charge on any atom is -0.277 e. The fourth-order valence-corrected chi connectivity index (χ4v) is 10.2. The third-order valence-corrected chi connectivity index (χ3v) is 12.0. The zero-order chi connectivity index (χ0) is 33.3. The van der Waals surface area contributed by atoms with Gasteiger partial charge < -0.3 is 0 Å². The van der Waals surface area contributed by atoms with Crippen LogP contribution >= 0.6 is 11.3 Å². The highest BCUT2D eigenvalue weighted by Crippen LogP contribution is 2.66. The topological polar surface area (TPSA) is 43.6 Å². The van der Waals surface area contributed by atoms with Gasteiger partial charge in [0.15, 0.2) is 0 Å². The van der Waals surface area contributed by atoms with Crippen molar-refractivity contribution in [3.05, 3.63) is 179 Å². The van der Waals surface area contributed by atoms with Crippen molar-refractivity contribution in [1.29, 1.82) is 0 Å². The van der Waals surface area contributed by atoms with E-state index in [1.54, 1.807) is 11.3 Å². The number of rotatable bonds is 2. The fourth-order valence-electron chi connectivity index (χ4n) is 9.32. The molecule has 236 valence electrons. The maximum absolute atomic E-state index is 5.49. The van der Waals surface area contributed by atoms with E-state index >= 15 is 0 Å². The summed E-state index contributed by atoms with van der Waals surface area (Å²) >= 11 is 1.74. The summed E-state index contributed by atoms with van der Waals surface area (Å²) in [5.41, 5.74) is 17.8. The zero-order valence-corrected chi connectivity index (χ0v) is 28.0. The van der Waals surface area contributed by atoms with Crippen LogP contribution in [0.25, 0.3) is 82.4 Å². The second kappa shape index (κ2) is 9.84. The van der Waals surface area contributed by atoms with Gasteiger partial charge in [-0.25, -0.2) is 15.0 Å². The van der Waals surface area contributed by atoms with Crippen LogP contribution in [0.3, 0.4) is 0 Å². The Hall–Kier alpha value is -6.43. The van der Waals surface area contributed by atoms with Crippen LogP contribution in [0.2, 0.25) is 0 Å². The minimum atomic E-state index is -0.555. The number of nitrogens with zero attached hydrogens (tertiary/aromatic N) is 4. The van der Waals surface area contributed by atoms with Crippen molar-refractivity contribution < 1.29 is 0 Å². The minimum absolute atomic E-state index is 0.555. The number of fused-ring (bicyclic) bond motifs is 18. The molecule has 0 fully saturated rings. The van der Waals surface area contributed by atoms with E-state index in [-0.39, 0.29) is 0 Å². The summed E-state index contributed by atoms with van der Waals surface area (Å²) in [6, 6.07) is 54.6. The molecule has 0 atom stereocenters. The van der Waals surface area contributed by atoms with Crippen molar-refractivity contribution in [2.75, 3.05) is 0 Å². The van der Waals surface area contributed by atoms with Gasteiger partial charge in [0.1, 0.15) is 0 Å².